The molecule has 3 rings (SSSR count). The van der Waals surface area contributed by atoms with Crippen LogP contribution in [0.2, 0.25) is 0 Å². The molecule has 1 aromatic carbocycles. The summed E-state index contributed by atoms with van der Waals surface area (Å²) in [4.78, 5) is 27.5. The maximum Gasteiger partial charge on any atom is 0.230 e. The van der Waals surface area contributed by atoms with E-state index >= 15 is 0 Å². The second kappa shape index (κ2) is 9.05. The van der Waals surface area contributed by atoms with E-state index in [1.807, 2.05) is 41.8 Å². The Labute approximate surface area is 166 Å². The Bertz CT molecular complexity index is 707. The first-order valence-electron chi connectivity index (χ1n) is 9.09. The Balaban J connectivity index is 0.00000243. The highest BCUT2D eigenvalue weighted by molar-refractivity contribution is 7.99. The Morgan fingerprint density at radius 2 is 2.15 bits per heavy atom. The summed E-state index contributed by atoms with van der Waals surface area (Å²) in [5.74, 6) is 1.64. The molecule has 1 heterocycles. The molecule has 1 aromatic rings. The smallest absolute Gasteiger partial charge is 0.230 e. The van der Waals surface area contributed by atoms with E-state index in [1.165, 1.54) is 0 Å². The van der Waals surface area contributed by atoms with Crippen molar-refractivity contribution in [2.75, 3.05) is 18.1 Å². The van der Waals surface area contributed by atoms with Crippen LogP contribution in [-0.2, 0) is 4.79 Å². The molecule has 0 bridgehead atoms. The molecule has 1 fully saturated rings. The minimum Gasteiger partial charge on any atom is -0.337 e. The normalized spacial score (nSPS) is 21.9. The number of thioether (sulfide) groups is 1. The molecule has 1 saturated heterocycles. The van der Waals surface area contributed by atoms with E-state index in [1.54, 1.807) is 0 Å². The number of hydrogen-bond acceptors (Lipinski definition) is 4. The number of amides is 1. The Morgan fingerprint density at radius 1 is 1.38 bits per heavy atom. The van der Waals surface area contributed by atoms with Gasteiger partial charge >= 0.3 is 0 Å². The molecule has 0 saturated carbocycles. The van der Waals surface area contributed by atoms with Gasteiger partial charge in [0.05, 0.1) is 5.92 Å². The van der Waals surface area contributed by atoms with E-state index in [9.17, 15) is 9.59 Å². The van der Waals surface area contributed by atoms with Gasteiger partial charge in [-0.2, -0.15) is 11.8 Å². The average Bonchev–Trinajstić information content (AvgIpc) is 2.91. The van der Waals surface area contributed by atoms with E-state index in [0.717, 1.165) is 53.3 Å². The van der Waals surface area contributed by atoms with Crippen LogP contribution in [0.25, 0.3) is 0 Å². The summed E-state index contributed by atoms with van der Waals surface area (Å²) in [6.07, 6.45) is 2.72. The second-order valence-corrected chi connectivity index (χ2v) is 8.24. The lowest BCUT2D eigenvalue weighted by Crippen LogP contribution is -2.48. The summed E-state index contributed by atoms with van der Waals surface area (Å²) in [6.45, 7) is 4.77. The second-order valence-electron chi connectivity index (χ2n) is 7.09. The molecule has 2 aliphatic rings. The lowest BCUT2D eigenvalue weighted by atomic mass is 9.97. The lowest BCUT2D eigenvalue weighted by molar-refractivity contribution is -0.134. The van der Waals surface area contributed by atoms with Crippen LogP contribution in [0.4, 0.5) is 0 Å². The molecule has 26 heavy (non-hydrogen) atoms. The number of fused-ring (bicyclic) bond motifs is 1. The quantitative estimate of drug-likeness (QED) is 0.759. The van der Waals surface area contributed by atoms with Gasteiger partial charge in [0, 0.05) is 48.2 Å². The van der Waals surface area contributed by atoms with Crippen LogP contribution in [0.15, 0.2) is 18.2 Å². The molecule has 2 unspecified atom stereocenters. The number of carbonyl (C=O) groups excluding carboxylic acids is 2. The summed E-state index contributed by atoms with van der Waals surface area (Å²) >= 11 is 1.86. The molecule has 4 nitrogen and oxygen atoms in total. The first kappa shape index (κ1) is 21.0. The van der Waals surface area contributed by atoms with Gasteiger partial charge in [0.25, 0.3) is 0 Å². The Kier molecular flexibility index (Phi) is 7.30. The van der Waals surface area contributed by atoms with Gasteiger partial charge in [-0.3, -0.25) is 9.59 Å². The SMILES string of the molecule is CCCC(=N)CC1CSCCN1C(=O)C1CC(=O)c2cc(C)ccc21.Cl. The summed E-state index contributed by atoms with van der Waals surface area (Å²) in [6, 6.07) is 5.93. The molecule has 142 valence electrons. The standard InChI is InChI=1S/C20H26N2O2S.ClH/c1-3-4-14(21)10-15-12-25-8-7-22(15)20(24)18-11-19(23)17-9-13(2)5-6-16(17)18;/h5-6,9,15,18,21H,3-4,7-8,10-12H2,1-2H3;1H. The van der Waals surface area contributed by atoms with Crippen LogP contribution in [0.1, 0.15) is 60.0 Å². The maximum atomic E-state index is 13.2. The van der Waals surface area contributed by atoms with Crippen molar-refractivity contribution in [3.63, 3.8) is 0 Å². The molecule has 6 heteroatoms. The number of Topliss-reactive ketones (excluding diaryl/α,β-unsaturated/α-hetero) is 1. The fourth-order valence-corrected chi connectivity index (χ4v) is 4.91. The molecule has 0 spiro atoms. The summed E-state index contributed by atoms with van der Waals surface area (Å²) in [7, 11) is 0. The number of halogens is 1. The van der Waals surface area contributed by atoms with Crippen molar-refractivity contribution in [2.24, 2.45) is 0 Å². The van der Waals surface area contributed by atoms with E-state index in [-0.39, 0.29) is 36.1 Å². The Hall–Kier alpha value is -1.33. The fourth-order valence-electron chi connectivity index (χ4n) is 3.84. The first-order valence-corrected chi connectivity index (χ1v) is 10.2. The Morgan fingerprint density at radius 3 is 2.88 bits per heavy atom. The van der Waals surface area contributed by atoms with Gasteiger partial charge in [0.1, 0.15) is 0 Å². The van der Waals surface area contributed by atoms with E-state index in [2.05, 4.69) is 6.92 Å². The topological polar surface area (TPSA) is 61.2 Å². The number of nitrogens with one attached hydrogen (secondary N) is 1. The van der Waals surface area contributed by atoms with Crippen molar-refractivity contribution in [2.45, 2.75) is 51.5 Å². The van der Waals surface area contributed by atoms with Gasteiger partial charge in [-0.05, 0) is 25.0 Å². The number of carbonyl (C=O) groups is 2. The third-order valence-corrected chi connectivity index (χ3v) is 6.21. The molecular weight excluding hydrogens is 368 g/mol. The summed E-state index contributed by atoms with van der Waals surface area (Å²) < 4.78 is 0. The van der Waals surface area contributed by atoms with E-state index in [0.29, 0.717) is 12.8 Å². The fraction of sp³-hybridized carbons (Fsp3) is 0.550. The lowest BCUT2D eigenvalue weighted by Gasteiger charge is -2.37. The average molecular weight is 395 g/mol. The van der Waals surface area contributed by atoms with Gasteiger partial charge in [-0.1, -0.05) is 31.0 Å². The van der Waals surface area contributed by atoms with Gasteiger partial charge in [-0.25, -0.2) is 0 Å². The highest BCUT2D eigenvalue weighted by Crippen LogP contribution is 2.36. The van der Waals surface area contributed by atoms with Crippen LogP contribution in [0.3, 0.4) is 0 Å². The van der Waals surface area contributed by atoms with Gasteiger partial charge < -0.3 is 10.3 Å². The number of ketones is 1. The zero-order valence-electron chi connectivity index (χ0n) is 15.4. The van der Waals surface area contributed by atoms with Crippen molar-refractivity contribution in [3.05, 3.63) is 34.9 Å². The summed E-state index contributed by atoms with van der Waals surface area (Å²) in [5, 5.41) is 8.14. The van der Waals surface area contributed by atoms with Crippen molar-refractivity contribution in [1.29, 1.82) is 5.41 Å². The third-order valence-electron chi connectivity index (χ3n) is 5.12. The predicted molar refractivity (Wildman–Crippen MR) is 110 cm³/mol. The minimum atomic E-state index is -0.339. The first-order chi connectivity index (χ1) is 12.0. The largest absolute Gasteiger partial charge is 0.337 e. The molecule has 0 radical (unpaired) electrons. The van der Waals surface area contributed by atoms with Gasteiger partial charge in [0.2, 0.25) is 5.91 Å². The molecular formula is C20H27ClN2O2S. The van der Waals surface area contributed by atoms with Gasteiger partial charge in [0.15, 0.2) is 5.78 Å². The zero-order valence-corrected chi connectivity index (χ0v) is 17.0. The van der Waals surface area contributed by atoms with Crippen LogP contribution >= 0.6 is 24.2 Å². The van der Waals surface area contributed by atoms with Gasteiger partial charge in [-0.15, -0.1) is 12.4 Å². The van der Waals surface area contributed by atoms with Crippen LogP contribution in [0.5, 0.6) is 0 Å². The number of nitrogens with zero attached hydrogens (tertiary/aromatic N) is 1. The zero-order chi connectivity index (χ0) is 18.0. The van der Waals surface area contributed by atoms with Crippen LogP contribution < -0.4 is 0 Å². The number of hydrogen-bond donors (Lipinski definition) is 1. The monoisotopic (exact) mass is 394 g/mol. The van der Waals surface area contributed by atoms with Crippen molar-refractivity contribution < 1.29 is 9.59 Å². The van der Waals surface area contributed by atoms with Crippen molar-refractivity contribution in [3.8, 4) is 0 Å². The van der Waals surface area contributed by atoms with Crippen LogP contribution in [-0.4, -0.2) is 46.4 Å². The molecule has 1 aliphatic heterocycles. The summed E-state index contributed by atoms with van der Waals surface area (Å²) in [5.41, 5.74) is 3.40. The number of benzene rings is 1. The minimum absolute atomic E-state index is 0. The molecule has 1 amide bonds. The van der Waals surface area contributed by atoms with E-state index in [4.69, 9.17) is 5.41 Å². The van der Waals surface area contributed by atoms with E-state index < -0.39 is 0 Å². The third kappa shape index (κ3) is 4.32. The molecule has 0 aromatic heterocycles. The number of rotatable bonds is 5. The molecule has 1 N–H and O–H groups in total. The van der Waals surface area contributed by atoms with Crippen molar-refractivity contribution in [1.82, 2.24) is 4.90 Å². The highest BCUT2D eigenvalue weighted by Gasteiger charge is 2.39. The molecule has 1 aliphatic carbocycles. The number of aryl methyl sites for hydroxylation is 1. The van der Waals surface area contributed by atoms with Crippen molar-refractivity contribution >= 4 is 41.6 Å². The highest BCUT2D eigenvalue weighted by atomic mass is 35.5. The van der Waals surface area contributed by atoms with Crippen LogP contribution in [0, 0.1) is 12.3 Å². The predicted octanol–water partition coefficient (Wildman–Crippen LogP) is 4.24. The maximum absolute atomic E-state index is 13.2. The molecule has 2 atom stereocenters.